The van der Waals surface area contributed by atoms with Crippen molar-refractivity contribution in [3.05, 3.63) is 35.9 Å². The second-order valence-electron chi connectivity index (χ2n) is 4.86. The zero-order valence-corrected chi connectivity index (χ0v) is 10.7. The molecule has 2 rings (SSSR count). The molecule has 0 aliphatic carbocycles. The molecule has 0 bridgehead atoms. The van der Waals surface area contributed by atoms with Crippen molar-refractivity contribution >= 4 is 5.91 Å². The SMILES string of the molecule is NC(=O)CN1CCCN(Cc2ccccc2)CC1. The smallest absolute Gasteiger partial charge is 0.231 e. The first kappa shape index (κ1) is 13.1. The Hall–Kier alpha value is -1.39. The molecule has 0 spiro atoms. The van der Waals surface area contributed by atoms with Crippen LogP contribution in [0.1, 0.15) is 12.0 Å². The van der Waals surface area contributed by atoms with Gasteiger partial charge in [0.1, 0.15) is 0 Å². The van der Waals surface area contributed by atoms with E-state index in [4.69, 9.17) is 5.73 Å². The number of amides is 1. The summed E-state index contributed by atoms with van der Waals surface area (Å²) < 4.78 is 0. The number of benzene rings is 1. The molecule has 1 aromatic carbocycles. The van der Waals surface area contributed by atoms with Crippen LogP contribution in [0, 0.1) is 0 Å². The van der Waals surface area contributed by atoms with Gasteiger partial charge in [-0.05, 0) is 25.1 Å². The number of carbonyl (C=O) groups excluding carboxylic acids is 1. The maximum absolute atomic E-state index is 10.9. The molecule has 1 saturated heterocycles. The molecule has 1 aliphatic heterocycles. The van der Waals surface area contributed by atoms with Gasteiger partial charge in [-0.1, -0.05) is 30.3 Å². The van der Waals surface area contributed by atoms with Gasteiger partial charge in [-0.2, -0.15) is 0 Å². The number of carbonyl (C=O) groups is 1. The Balaban J connectivity index is 1.84. The summed E-state index contributed by atoms with van der Waals surface area (Å²) in [5, 5.41) is 0. The van der Waals surface area contributed by atoms with Crippen LogP contribution in [0.2, 0.25) is 0 Å². The summed E-state index contributed by atoms with van der Waals surface area (Å²) >= 11 is 0. The first-order valence-electron chi connectivity index (χ1n) is 6.51. The lowest BCUT2D eigenvalue weighted by Gasteiger charge is -2.20. The summed E-state index contributed by atoms with van der Waals surface area (Å²) in [6.07, 6.45) is 1.10. The van der Waals surface area contributed by atoms with Gasteiger partial charge < -0.3 is 5.73 Å². The number of primary amides is 1. The lowest BCUT2D eigenvalue weighted by atomic mass is 10.2. The van der Waals surface area contributed by atoms with Gasteiger partial charge in [0.25, 0.3) is 0 Å². The van der Waals surface area contributed by atoms with E-state index in [-0.39, 0.29) is 5.91 Å². The molecule has 4 heteroatoms. The summed E-state index contributed by atoms with van der Waals surface area (Å²) in [6.45, 7) is 5.36. The molecule has 1 heterocycles. The van der Waals surface area contributed by atoms with E-state index in [1.165, 1.54) is 5.56 Å². The Bertz CT molecular complexity index is 380. The maximum atomic E-state index is 10.9. The van der Waals surface area contributed by atoms with Crippen LogP contribution in [0.4, 0.5) is 0 Å². The maximum Gasteiger partial charge on any atom is 0.231 e. The fourth-order valence-corrected chi connectivity index (χ4v) is 2.40. The Morgan fingerprint density at radius 1 is 1.06 bits per heavy atom. The summed E-state index contributed by atoms with van der Waals surface area (Å²) in [6, 6.07) is 10.5. The highest BCUT2D eigenvalue weighted by Crippen LogP contribution is 2.08. The highest BCUT2D eigenvalue weighted by atomic mass is 16.1. The van der Waals surface area contributed by atoms with E-state index in [0.717, 1.165) is 39.1 Å². The Kier molecular flexibility index (Phi) is 4.73. The molecule has 4 nitrogen and oxygen atoms in total. The van der Waals surface area contributed by atoms with Crippen LogP contribution in [0.15, 0.2) is 30.3 Å². The molecule has 1 amide bonds. The third kappa shape index (κ3) is 4.13. The van der Waals surface area contributed by atoms with E-state index in [0.29, 0.717) is 6.54 Å². The predicted molar refractivity (Wildman–Crippen MR) is 72.0 cm³/mol. The van der Waals surface area contributed by atoms with E-state index >= 15 is 0 Å². The van der Waals surface area contributed by atoms with Crippen LogP contribution < -0.4 is 5.73 Å². The topological polar surface area (TPSA) is 49.6 Å². The highest BCUT2D eigenvalue weighted by Gasteiger charge is 2.15. The average molecular weight is 247 g/mol. The zero-order chi connectivity index (χ0) is 12.8. The van der Waals surface area contributed by atoms with Crippen molar-refractivity contribution in [3.63, 3.8) is 0 Å². The molecule has 0 radical (unpaired) electrons. The summed E-state index contributed by atoms with van der Waals surface area (Å²) in [5.41, 5.74) is 6.59. The summed E-state index contributed by atoms with van der Waals surface area (Å²) in [5.74, 6) is -0.230. The van der Waals surface area contributed by atoms with Crippen LogP contribution in [-0.2, 0) is 11.3 Å². The standard InChI is InChI=1S/C14H21N3O/c15-14(18)12-17-8-4-7-16(9-10-17)11-13-5-2-1-3-6-13/h1-3,5-6H,4,7-12H2,(H2,15,18). The average Bonchev–Trinajstić information content (AvgIpc) is 2.56. The fraction of sp³-hybridized carbons (Fsp3) is 0.500. The van der Waals surface area contributed by atoms with E-state index in [9.17, 15) is 4.79 Å². The van der Waals surface area contributed by atoms with Crippen LogP contribution in [0.25, 0.3) is 0 Å². The molecule has 18 heavy (non-hydrogen) atoms. The van der Waals surface area contributed by atoms with Gasteiger partial charge in [-0.3, -0.25) is 14.6 Å². The lowest BCUT2D eigenvalue weighted by Crippen LogP contribution is -2.36. The second kappa shape index (κ2) is 6.52. The number of nitrogens with two attached hydrogens (primary N) is 1. The van der Waals surface area contributed by atoms with Crippen LogP contribution >= 0.6 is 0 Å². The number of rotatable bonds is 4. The molecule has 0 aromatic heterocycles. The largest absolute Gasteiger partial charge is 0.369 e. The van der Waals surface area contributed by atoms with E-state index in [1.807, 2.05) is 6.07 Å². The third-order valence-electron chi connectivity index (χ3n) is 3.31. The molecular formula is C14H21N3O. The number of hydrogen-bond donors (Lipinski definition) is 1. The van der Waals surface area contributed by atoms with Crippen LogP contribution in [-0.4, -0.2) is 48.4 Å². The van der Waals surface area contributed by atoms with Crippen molar-refractivity contribution in [1.29, 1.82) is 0 Å². The Morgan fingerprint density at radius 2 is 1.72 bits per heavy atom. The Morgan fingerprint density at radius 3 is 2.44 bits per heavy atom. The minimum atomic E-state index is -0.230. The van der Waals surface area contributed by atoms with Crippen molar-refractivity contribution < 1.29 is 4.79 Å². The van der Waals surface area contributed by atoms with Crippen LogP contribution in [0.5, 0.6) is 0 Å². The van der Waals surface area contributed by atoms with Crippen molar-refractivity contribution in [2.24, 2.45) is 5.73 Å². The van der Waals surface area contributed by atoms with Gasteiger partial charge >= 0.3 is 0 Å². The quantitative estimate of drug-likeness (QED) is 0.851. The number of hydrogen-bond acceptors (Lipinski definition) is 3. The molecule has 0 atom stereocenters. The van der Waals surface area contributed by atoms with Crippen LogP contribution in [0.3, 0.4) is 0 Å². The lowest BCUT2D eigenvalue weighted by molar-refractivity contribution is -0.119. The number of nitrogens with zero attached hydrogens (tertiary/aromatic N) is 2. The molecule has 2 N–H and O–H groups in total. The second-order valence-corrected chi connectivity index (χ2v) is 4.86. The van der Waals surface area contributed by atoms with Gasteiger partial charge in [-0.25, -0.2) is 0 Å². The Labute approximate surface area is 108 Å². The summed E-state index contributed by atoms with van der Waals surface area (Å²) in [4.78, 5) is 15.5. The first-order chi connectivity index (χ1) is 8.74. The van der Waals surface area contributed by atoms with Gasteiger partial charge in [-0.15, -0.1) is 0 Å². The zero-order valence-electron chi connectivity index (χ0n) is 10.7. The predicted octanol–water partition coefficient (Wildman–Crippen LogP) is 0.680. The first-order valence-corrected chi connectivity index (χ1v) is 6.51. The van der Waals surface area contributed by atoms with Gasteiger partial charge in [0.2, 0.25) is 5.91 Å². The minimum Gasteiger partial charge on any atom is -0.369 e. The molecule has 1 aliphatic rings. The minimum absolute atomic E-state index is 0.230. The van der Waals surface area contributed by atoms with Crippen molar-refractivity contribution in [3.8, 4) is 0 Å². The van der Waals surface area contributed by atoms with E-state index in [1.54, 1.807) is 0 Å². The van der Waals surface area contributed by atoms with Gasteiger partial charge in [0.05, 0.1) is 6.54 Å². The van der Waals surface area contributed by atoms with E-state index < -0.39 is 0 Å². The molecule has 0 unspecified atom stereocenters. The van der Waals surface area contributed by atoms with Crippen molar-refractivity contribution in [2.75, 3.05) is 32.7 Å². The van der Waals surface area contributed by atoms with Gasteiger partial charge in [0.15, 0.2) is 0 Å². The molecule has 1 aromatic rings. The fourth-order valence-electron chi connectivity index (χ4n) is 2.40. The monoisotopic (exact) mass is 247 g/mol. The van der Waals surface area contributed by atoms with Gasteiger partial charge in [0, 0.05) is 19.6 Å². The molecule has 98 valence electrons. The normalized spacial score (nSPS) is 18.4. The third-order valence-corrected chi connectivity index (χ3v) is 3.31. The molecule has 1 fully saturated rings. The highest BCUT2D eigenvalue weighted by molar-refractivity contribution is 5.75. The van der Waals surface area contributed by atoms with Crippen molar-refractivity contribution in [2.45, 2.75) is 13.0 Å². The summed E-state index contributed by atoms with van der Waals surface area (Å²) in [7, 11) is 0. The van der Waals surface area contributed by atoms with E-state index in [2.05, 4.69) is 34.1 Å². The molecule has 0 saturated carbocycles. The van der Waals surface area contributed by atoms with Crippen molar-refractivity contribution in [1.82, 2.24) is 9.80 Å². The molecular weight excluding hydrogens is 226 g/mol.